The summed E-state index contributed by atoms with van der Waals surface area (Å²) in [6, 6.07) is 3.89. The Morgan fingerprint density at radius 1 is 1.35 bits per heavy atom. The van der Waals surface area contributed by atoms with Crippen LogP contribution in [0.25, 0.3) is 0 Å². The van der Waals surface area contributed by atoms with Crippen molar-refractivity contribution in [3.05, 3.63) is 23.7 Å². The number of carbonyl (C=O) groups excluding carboxylic acids is 2. The highest BCUT2D eigenvalue weighted by Gasteiger charge is 2.36. The molecule has 0 saturated heterocycles. The summed E-state index contributed by atoms with van der Waals surface area (Å²) < 4.78 is 5.59. The molecule has 1 aromatic heterocycles. The molecule has 1 aromatic rings. The molecule has 3 rings (SSSR count). The van der Waals surface area contributed by atoms with Crippen molar-refractivity contribution < 1.29 is 14.0 Å². The van der Waals surface area contributed by atoms with Gasteiger partial charge in [0.05, 0.1) is 6.21 Å². The summed E-state index contributed by atoms with van der Waals surface area (Å²) in [5.74, 6) is 1.32. The maximum Gasteiger partial charge on any atom is 0.329 e. The zero-order valence-electron chi connectivity index (χ0n) is 11.3. The number of hydrazone groups is 1. The molecule has 0 aliphatic heterocycles. The Bertz CT molecular complexity index is 560. The second-order valence-corrected chi connectivity index (χ2v) is 5.51. The molecule has 2 aliphatic rings. The maximum atomic E-state index is 11.4. The summed E-state index contributed by atoms with van der Waals surface area (Å²) >= 11 is 0. The Morgan fingerprint density at radius 3 is 2.75 bits per heavy atom. The van der Waals surface area contributed by atoms with Gasteiger partial charge in [-0.25, -0.2) is 5.43 Å². The fourth-order valence-electron chi connectivity index (χ4n) is 2.04. The summed E-state index contributed by atoms with van der Waals surface area (Å²) in [6.45, 7) is 2.18. The smallest absolute Gasteiger partial charge is 0.329 e. The molecule has 1 heterocycles. The van der Waals surface area contributed by atoms with Crippen molar-refractivity contribution in [3.63, 3.8) is 0 Å². The van der Waals surface area contributed by atoms with Crippen LogP contribution < -0.4 is 10.7 Å². The average Bonchev–Trinajstić information content (AvgIpc) is 3.32. The largest absolute Gasteiger partial charge is 0.460 e. The van der Waals surface area contributed by atoms with Gasteiger partial charge < -0.3 is 9.73 Å². The van der Waals surface area contributed by atoms with E-state index in [0.717, 1.165) is 25.0 Å². The third-order valence-electron chi connectivity index (χ3n) is 3.60. The van der Waals surface area contributed by atoms with Gasteiger partial charge in [-0.2, -0.15) is 5.10 Å². The Balaban J connectivity index is 1.48. The molecule has 106 valence electrons. The zero-order valence-corrected chi connectivity index (χ0v) is 11.3. The number of nitrogens with zero attached hydrogens (tertiary/aromatic N) is 1. The lowest BCUT2D eigenvalue weighted by Crippen LogP contribution is -2.38. The fourth-order valence-corrected chi connectivity index (χ4v) is 2.04. The SMILES string of the molecule is C[C@@H]1C[C@@H]1c1ccc(/C=N\NC(=O)C(=O)NC2CC2)o1. The quantitative estimate of drug-likeness (QED) is 0.491. The van der Waals surface area contributed by atoms with Gasteiger partial charge in [-0.05, 0) is 37.3 Å². The fraction of sp³-hybridized carbons (Fsp3) is 0.500. The number of carbonyl (C=O) groups is 2. The van der Waals surface area contributed by atoms with Gasteiger partial charge in [0.1, 0.15) is 11.5 Å². The third kappa shape index (κ3) is 3.07. The molecule has 0 aromatic carbocycles. The van der Waals surface area contributed by atoms with Gasteiger partial charge in [0.25, 0.3) is 0 Å². The van der Waals surface area contributed by atoms with Crippen molar-refractivity contribution in [2.45, 2.75) is 38.1 Å². The first-order valence-corrected chi connectivity index (χ1v) is 6.87. The number of amides is 2. The molecule has 2 atom stereocenters. The van der Waals surface area contributed by atoms with Crippen LogP contribution in [0.15, 0.2) is 21.7 Å². The topological polar surface area (TPSA) is 83.7 Å². The first-order valence-electron chi connectivity index (χ1n) is 6.87. The Hall–Kier alpha value is -2.11. The molecule has 2 amide bonds. The lowest BCUT2D eigenvalue weighted by Gasteiger charge is -2.00. The van der Waals surface area contributed by atoms with E-state index in [4.69, 9.17) is 4.42 Å². The van der Waals surface area contributed by atoms with Gasteiger partial charge in [0.15, 0.2) is 0 Å². The number of hydrogen-bond donors (Lipinski definition) is 2. The second-order valence-electron chi connectivity index (χ2n) is 5.51. The van der Waals surface area contributed by atoms with Crippen LogP contribution in [-0.2, 0) is 9.59 Å². The monoisotopic (exact) mass is 275 g/mol. The molecule has 2 N–H and O–H groups in total. The number of nitrogens with one attached hydrogen (secondary N) is 2. The highest BCUT2D eigenvalue weighted by atomic mass is 16.3. The average molecular weight is 275 g/mol. The first-order chi connectivity index (χ1) is 9.63. The van der Waals surface area contributed by atoms with Crippen LogP contribution in [-0.4, -0.2) is 24.1 Å². The normalized spacial score (nSPS) is 24.6. The molecule has 2 saturated carbocycles. The molecule has 0 bridgehead atoms. The van der Waals surface area contributed by atoms with Crippen LogP contribution in [0.3, 0.4) is 0 Å². The first kappa shape index (κ1) is 12.9. The van der Waals surface area contributed by atoms with Crippen molar-refractivity contribution in [2.75, 3.05) is 0 Å². The minimum absolute atomic E-state index is 0.158. The molecule has 0 radical (unpaired) electrons. The number of hydrogen-bond acceptors (Lipinski definition) is 4. The van der Waals surface area contributed by atoms with Gasteiger partial charge in [0, 0.05) is 12.0 Å². The summed E-state index contributed by atoms with van der Waals surface area (Å²) in [5, 5.41) is 6.31. The molecule has 6 nitrogen and oxygen atoms in total. The summed E-state index contributed by atoms with van der Waals surface area (Å²) in [4.78, 5) is 22.7. The van der Waals surface area contributed by atoms with Crippen molar-refractivity contribution in [3.8, 4) is 0 Å². The number of furan rings is 1. The maximum absolute atomic E-state index is 11.4. The highest BCUT2D eigenvalue weighted by molar-refractivity contribution is 6.35. The summed E-state index contributed by atoms with van der Waals surface area (Å²) in [5.41, 5.74) is 2.19. The molecular formula is C14H17N3O3. The van der Waals surface area contributed by atoms with Gasteiger partial charge in [-0.15, -0.1) is 0 Å². The molecular weight excluding hydrogens is 258 g/mol. The van der Waals surface area contributed by atoms with E-state index in [1.54, 1.807) is 6.07 Å². The molecule has 2 fully saturated rings. The van der Waals surface area contributed by atoms with E-state index < -0.39 is 11.8 Å². The van der Waals surface area contributed by atoms with Crippen LogP contribution in [0, 0.1) is 5.92 Å². The second kappa shape index (κ2) is 5.11. The predicted octanol–water partition coefficient (Wildman–Crippen LogP) is 1.13. The Kier molecular flexibility index (Phi) is 3.30. The molecule has 20 heavy (non-hydrogen) atoms. The standard InChI is InChI=1S/C14H17N3O3/c1-8-6-11(8)12-5-4-10(20-12)7-15-17-14(19)13(18)16-9-2-3-9/h4-5,7-9,11H,2-3,6H2,1H3,(H,16,18)(H,17,19)/b15-7-/t8-,11+/m1/s1. The lowest BCUT2D eigenvalue weighted by molar-refractivity contribution is -0.139. The Morgan fingerprint density at radius 2 is 2.10 bits per heavy atom. The van der Waals surface area contributed by atoms with E-state index in [1.165, 1.54) is 6.21 Å². The van der Waals surface area contributed by atoms with E-state index in [-0.39, 0.29) is 6.04 Å². The van der Waals surface area contributed by atoms with E-state index in [1.807, 2.05) is 6.07 Å². The van der Waals surface area contributed by atoms with Gasteiger partial charge >= 0.3 is 11.8 Å². The van der Waals surface area contributed by atoms with Gasteiger partial charge in [-0.3, -0.25) is 9.59 Å². The minimum atomic E-state index is -0.754. The van der Waals surface area contributed by atoms with Crippen LogP contribution in [0.4, 0.5) is 0 Å². The van der Waals surface area contributed by atoms with E-state index in [9.17, 15) is 9.59 Å². The van der Waals surface area contributed by atoms with E-state index >= 15 is 0 Å². The molecule has 0 spiro atoms. The predicted molar refractivity (Wildman–Crippen MR) is 72.1 cm³/mol. The van der Waals surface area contributed by atoms with Gasteiger partial charge in [0.2, 0.25) is 0 Å². The molecule has 6 heteroatoms. The van der Waals surface area contributed by atoms with Crippen LogP contribution >= 0.6 is 0 Å². The van der Waals surface area contributed by atoms with Crippen LogP contribution in [0.2, 0.25) is 0 Å². The minimum Gasteiger partial charge on any atom is -0.460 e. The third-order valence-corrected chi connectivity index (χ3v) is 3.60. The molecule has 2 aliphatic carbocycles. The lowest BCUT2D eigenvalue weighted by atomic mass is 10.3. The summed E-state index contributed by atoms with van der Waals surface area (Å²) in [6.07, 6.45) is 4.44. The van der Waals surface area contributed by atoms with E-state index in [2.05, 4.69) is 22.8 Å². The van der Waals surface area contributed by atoms with Crippen LogP contribution in [0.1, 0.15) is 43.6 Å². The Labute approximate surface area is 116 Å². The molecule has 0 unspecified atom stereocenters. The van der Waals surface area contributed by atoms with Crippen molar-refractivity contribution in [1.29, 1.82) is 0 Å². The van der Waals surface area contributed by atoms with Crippen molar-refractivity contribution >= 4 is 18.0 Å². The van der Waals surface area contributed by atoms with Crippen LogP contribution in [0.5, 0.6) is 0 Å². The van der Waals surface area contributed by atoms with Crippen molar-refractivity contribution in [1.82, 2.24) is 10.7 Å². The highest BCUT2D eigenvalue weighted by Crippen LogP contribution is 2.47. The van der Waals surface area contributed by atoms with Crippen molar-refractivity contribution in [2.24, 2.45) is 11.0 Å². The summed E-state index contributed by atoms with van der Waals surface area (Å²) in [7, 11) is 0. The van der Waals surface area contributed by atoms with E-state index in [0.29, 0.717) is 17.6 Å². The zero-order chi connectivity index (χ0) is 14.1. The van der Waals surface area contributed by atoms with Gasteiger partial charge in [-0.1, -0.05) is 6.92 Å². The number of rotatable bonds is 4.